The van der Waals surface area contributed by atoms with Crippen LogP contribution >= 0.6 is 23.2 Å². The summed E-state index contributed by atoms with van der Waals surface area (Å²) in [4.78, 5) is 53.9. The molecule has 37 heavy (non-hydrogen) atoms. The van der Waals surface area contributed by atoms with Crippen LogP contribution in [0.5, 0.6) is 0 Å². The van der Waals surface area contributed by atoms with Crippen LogP contribution < -0.4 is 26.6 Å². The Morgan fingerprint density at radius 3 is 2.46 bits per heavy atom. The zero-order valence-corrected chi connectivity index (χ0v) is 21.4. The molecule has 1 aliphatic heterocycles. The van der Waals surface area contributed by atoms with Crippen molar-refractivity contribution in [1.29, 1.82) is 0 Å². The number of esters is 1. The highest BCUT2D eigenvalue weighted by Gasteiger charge is 2.25. The Morgan fingerprint density at radius 2 is 1.78 bits per heavy atom. The summed E-state index contributed by atoms with van der Waals surface area (Å²) in [5.74, 6) is -1.92. The maximum absolute atomic E-state index is 12.6. The monoisotopic (exact) mass is 548 g/mol. The van der Waals surface area contributed by atoms with E-state index in [9.17, 15) is 19.2 Å². The number of carbonyl (C=O) groups excluding carboxylic acids is 4. The number of carbonyl (C=O) groups is 4. The minimum absolute atomic E-state index is 0.0126. The summed E-state index contributed by atoms with van der Waals surface area (Å²) in [5.41, 5.74) is 0.993. The van der Waals surface area contributed by atoms with Crippen LogP contribution in [0.2, 0.25) is 10.0 Å². The van der Waals surface area contributed by atoms with Crippen LogP contribution in [0.15, 0.2) is 47.5 Å². The molecule has 0 bridgehead atoms. The molecule has 0 saturated heterocycles. The number of aliphatic imine (C=N–C) groups is 1. The van der Waals surface area contributed by atoms with E-state index in [1.54, 1.807) is 30.3 Å². The predicted molar refractivity (Wildman–Crippen MR) is 140 cm³/mol. The van der Waals surface area contributed by atoms with Crippen LogP contribution in [-0.2, 0) is 14.3 Å². The predicted octanol–water partition coefficient (Wildman–Crippen LogP) is 1.57. The third kappa shape index (κ3) is 8.09. The lowest BCUT2D eigenvalue weighted by atomic mass is 10.2. The molecule has 0 aromatic heterocycles. The van der Waals surface area contributed by atoms with E-state index in [4.69, 9.17) is 27.9 Å². The lowest BCUT2D eigenvalue weighted by Gasteiger charge is -2.18. The largest absolute Gasteiger partial charge is 0.467 e. The van der Waals surface area contributed by atoms with Crippen molar-refractivity contribution < 1.29 is 23.9 Å². The Morgan fingerprint density at radius 1 is 1.05 bits per heavy atom. The molecule has 0 spiro atoms. The number of rotatable bonds is 9. The van der Waals surface area contributed by atoms with Crippen LogP contribution in [0.25, 0.3) is 0 Å². The average Bonchev–Trinajstić information content (AvgIpc) is 2.89. The first kappa shape index (κ1) is 27.8. The number of halogens is 2. The van der Waals surface area contributed by atoms with Crippen LogP contribution in [0, 0.1) is 0 Å². The van der Waals surface area contributed by atoms with Crippen LogP contribution in [0.1, 0.15) is 27.1 Å². The summed E-state index contributed by atoms with van der Waals surface area (Å²) in [5, 5.41) is 13.9. The van der Waals surface area contributed by atoms with Gasteiger partial charge in [-0.2, -0.15) is 0 Å². The topological polar surface area (TPSA) is 150 Å². The molecule has 2 aromatic rings. The molecule has 0 radical (unpaired) electrons. The Balaban J connectivity index is 1.52. The summed E-state index contributed by atoms with van der Waals surface area (Å²) in [6, 6.07) is 10.0. The molecule has 3 amide bonds. The van der Waals surface area contributed by atoms with E-state index in [0.717, 1.165) is 26.6 Å². The second-order valence-electron chi connectivity index (χ2n) is 7.85. The molecule has 0 unspecified atom stereocenters. The number of benzene rings is 2. The first-order valence-electron chi connectivity index (χ1n) is 11.3. The molecule has 5 N–H and O–H groups in total. The molecule has 196 valence electrons. The number of hydrogen-bond donors (Lipinski definition) is 5. The average molecular weight is 549 g/mol. The van der Waals surface area contributed by atoms with Crippen LogP contribution in [-0.4, -0.2) is 69.0 Å². The van der Waals surface area contributed by atoms with E-state index in [1.165, 1.54) is 12.1 Å². The minimum Gasteiger partial charge on any atom is -0.467 e. The Hall–Kier alpha value is -3.83. The molecular weight excluding hydrogens is 523 g/mol. The number of anilines is 1. The first-order valence-corrected chi connectivity index (χ1v) is 12.1. The lowest BCUT2D eigenvalue weighted by Crippen LogP contribution is -2.50. The number of methoxy groups -OCH3 is 1. The number of amides is 3. The van der Waals surface area contributed by atoms with Crippen molar-refractivity contribution in [3.8, 4) is 0 Å². The summed E-state index contributed by atoms with van der Waals surface area (Å²) >= 11 is 12.1. The van der Waals surface area contributed by atoms with Gasteiger partial charge >= 0.3 is 5.97 Å². The standard InChI is InChI=1S/C24H26Cl2N6O5/c1-37-23(36)18(32-22(35)20-16(25)7-3-8-17(20)26)12-29-19(33)13-30-21(34)14-5-2-6-15(11-14)31-24-27-9-4-10-28-24/h2-3,5-8,11,18H,4,9-10,12-13H2,1H3,(H,29,33)(H,30,34)(H,32,35)(H2,27,28,31)/t18-/m0/s1. The van der Waals surface area contributed by atoms with Crippen molar-refractivity contribution in [2.24, 2.45) is 4.99 Å². The third-order valence-corrected chi connectivity index (χ3v) is 5.81. The summed E-state index contributed by atoms with van der Waals surface area (Å²) in [6.07, 6.45) is 0.957. The van der Waals surface area contributed by atoms with Gasteiger partial charge in [0.2, 0.25) is 5.91 Å². The van der Waals surface area contributed by atoms with Gasteiger partial charge in [-0.3, -0.25) is 19.4 Å². The zero-order chi connectivity index (χ0) is 26.8. The molecule has 0 aliphatic carbocycles. The van der Waals surface area contributed by atoms with Crippen molar-refractivity contribution in [3.05, 3.63) is 63.6 Å². The van der Waals surface area contributed by atoms with E-state index in [-0.39, 0.29) is 28.7 Å². The fraction of sp³-hybridized carbons (Fsp3) is 0.292. The van der Waals surface area contributed by atoms with Gasteiger partial charge in [0.25, 0.3) is 11.8 Å². The van der Waals surface area contributed by atoms with Gasteiger partial charge in [-0.05, 0) is 36.8 Å². The van der Waals surface area contributed by atoms with Gasteiger partial charge in [-0.25, -0.2) is 4.79 Å². The maximum Gasteiger partial charge on any atom is 0.330 e. The highest BCUT2D eigenvalue weighted by molar-refractivity contribution is 6.39. The van der Waals surface area contributed by atoms with E-state index in [1.807, 2.05) is 0 Å². The highest BCUT2D eigenvalue weighted by Crippen LogP contribution is 2.24. The van der Waals surface area contributed by atoms with Crippen molar-refractivity contribution in [2.75, 3.05) is 38.6 Å². The van der Waals surface area contributed by atoms with Crippen molar-refractivity contribution in [2.45, 2.75) is 12.5 Å². The van der Waals surface area contributed by atoms with Gasteiger partial charge in [0.1, 0.15) is 6.04 Å². The fourth-order valence-electron chi connectivity index (χ4n) is 3.31. The van der Waals surface area contributed by atoms with Crippen LogP contribution in [0.4, 0.5) is 5.69 Å². The van der Waals surface area contributed by atoms with Gasteiger partial charge in [0.05, 0.1) is 29.3 Å². The van der Waals surface area contributed by atoms with E-state index in [2.05, 4.69) is 31.6 Å². The number of nitrogens with zero attached hydrogens (tertiary/aromatic N) is 1. The number of ether oxygens (including phenoxy) is 1. The lowest BCUT2D eigenvalue weighted by molar-refractivity contribution is -0.142. The number of hydrogen-bond acceptors (Lipinski definition) is 8. The van der Waals surface area contributed by atoms with E-state index in [0.29, 0.717) is 17.2 Å². The van der Waals surface area contributed by atoms with Gasteiger partial charge in [0, 0.05) is 30.9 Å². The van der Waals surface area contributed by atoms with Gasteiger partial charge in [0.15, 0.2) is 5.96 Å². The molecular formula is C24H26Cl2N6O5. The van der Waals surface area contributed by atoms with Crippen LogP contribution in [0.3, 0.4) is 0 Å². The SMILES string of the molecule is COC(=O)[C@H](CNC(=O)CNC(=O)c1cccc(NC2=NCCCN2)c1)NC(=O)c1c(Cl)cccc1Cl. The minimum atomic E-state index is -1.22. The zero-order valence-electron chi connectivity index (χ0n) is 19.9. The Bertz CT molecular complexity index is 1190. The third-order valence-electron chi connectivity index (χ3n) is 5.18. The maximum atomic E-state index is 12.6. The van der Waals surface area contributed by atoms with Crippen molar-refractivity contribution in [1.82, 2.24) is 21.3 Å². The van der Waals surface area contributed by atoms with Gasteiger partial charge in [-0.1, -0.05) is 35.3 Å². The Kier molecular flexibility index (Phi) is 10.1. The highest BCUT2D eigenvalue weighted by atomic mass is 35.5. The molecule has 13 heteroatoms. The second kappa shape index (κ2) is 13.5. The molecule has 1 atom stereocenters. The molecule has 2 aromatic carbocycles. The quantitative estimate of drug-likeness (QED) is 0.298. The summed E-state index contributed by atoms with van der Waals surface area (Å²) in [6.45, 7) is 0.890. The summed E-state index contributed by atoms with van der Waals surface area (Å²) in [7, 11) is 1.14. The van der Waals surface area contributed by atoms with Crippen molar-refractivity contribution in [3.63, 3.8) is 0 Å². The Labute approximate surface area is 223 Å². The molecule has 11 nitrogen and oxygen atoms in total. The first-order chi connectivity index (χ1) is 17.8. The van der Waals surface area contributed by atoms with Gasteiger partial charge in [-0.15, -0.1) is 0 Å². The van der Waals surface area contributed by atoms with Crippen molar-refractivity contribution >= 4 is 58.5 Å². The smallest absolute Gasteiger partial charge is 0.330 e. The molecule has 3 rings (SSSR count). The number of guanidine groups is 1. The van der Waals surface area contributed by atoms with Gasteiger partial charge < -0.3 is 31.3 Å². The second-order valence-corrected chi connectivity index (χ2v) is 8.66. The molecule has 0 fully saturated rings. The fourth-order valence-corrected chi connectivity index (χ4v) is 3.88. The summed E-state index contributed by atoms with van der Waals surface area (Å²) < 4.78 is 4.70. The van der Waals surface area contributed by atoms with E-state index < -0.39 is 29.7 Å². The molecule has 0 saturated carbocycles. The molecule has 1 aliphatic rings. The normalized spacial score (nSPS) is 13.3. The van der Waals surface area contributed by atoms with E-state index >= 15 is 0 Å². The number of nitrogens with one attached hydrogen (secondary N) is 5. The molecule has 1 heterocycles.